The van der Waals surface area contributed by atoms with Gasteiger partial charge in [-0.2, -0.15) is 0 Å². The van der Waals surface area contributed by atoms with E-state index in [9.17, 15) is 32.7 Å². The number of amides is 1. The molecule has 3 aromatic carbocycles. The molecule has 5 rings (SSSR count). The monoisotopic (exact) mass is 550 g/mol. The number of carboxylic acids is 1. The molecule has 0 radical (unpaired) electrons. The fourth-order valence-corrected chi connectivity index (χ4v) is 5.34. The standard InChI is InChI=1S/C30H25F3N2O5/c1-15-20-13-17(31)7-9-25(20)35(2)29(37)26(15)19-8-6-16(21-14-40-11-10-18(19)21)12-24(30(38)39)34-28(36)27-22(32)4-3-5-23(27)33/h3-9,13,24H,10-12,14H2,1-2H3,(H,34,36)(H,38,39)/t24-/m0/s1. The fourth-order valence-electron chi connectivity index (χ4n) is 5.34. The lowest BCUT2D eigenvalue weighted by Crippen LogP contribution is -2.43. The molecule has 1 aliphatic rings. The van der Waals surface area contributed by atoms with Crippen LogP contribution in [0.4, 0.5) is 13.2 Å². The third-order valence-electron chi connectivity index (χ3n) is 7.38. The Bertz CT molecular complexity index is 1730. The molecule has 0 bridgehead atoms. The van der Waals surface area contributed by atoms with E-state index in [1.54, 1.807) is 32.2 Å². The highest BCUT2D eigenvalue weighted by molar-refractivity contribution is 5.97. The van der Waals surface area contributed by atoms with Crippen molar-refractivity contribution >= 4 is 22.8 Å². The number of ether oxygens (including phenoxy) is 1. The number of hydrogen-bond acceptors (Lipinski definition) is 4. The maximum Gasteiger partial charge on any atom is 0.326 e. The van der Waals surface area contributed by atoms with Crippen LogP contribution in [-0.4, -0.2) is 34.2 Å². The lowest BCUT2D eigenvalue weighted by Gasteiger charge is -2.25. The number of nitrogens with zero attached hydrogens (tertiary/aromatic N) is 1. The summed E-state index contributed by atoms with van der Waals surface area (Å²) in [6.45, 7) is 2.27. The topological polar surface area (TPSA) is 97.6 Å². The second-order valence-corrected chi connectivity index (χ2v) is 9.72. The normalized spacial score (nSPS) is 13.6. The van der Waals surface area contributed by atoms with E-state index in [1.165, 1.54) is 16.7 Å². The van der Waals surface area contributed by atoms with E-state index < -0.39 is 40.9 Å². The van der Waals surface area contributed by atoms with Gasteiger partial charge in [0, 0.05) is 18.9 Å². The molecular formula is C30H25F3N2O5. The van der Waals surface area contributed by atoms with Crippen LogP contribution in [0.2, 0.25) is 0 Å². The number of aryl methyl sites for hydroxylation is 2. The van der Waals surface area contributed by atoms with E-state index in [4.69, 9.17) is 4.74 Å². The van der Waals surface area contributed by atoms with Crippen molar-refractivity contribution in [3.63, 3.8) is 0 Å². The van der Waals surface area contributed by atoms with Crippen LogP contribution in [0.25, 0.3) is 22.0 Å². The summed E-state index contributed by atoms with van der Waals surface area (Å²) < 4.78 is 49.5. The first kappa shape index (κ1) is 27.1. The van der Waals surface area contributed by atoms with Crippen LogP contribution in [0, 0.1) is 24.4 Å². The average molecular weight is 551 g/mol. The SMILES string of the molecule is Cc1c(-c2ccc(C[C@H](NC(=O)c3c(F)cccc3F)C(=O)O)c3c2CCOC3)c(=O)n(C)c2ccc(F)cc12. The lowest BCUT2D eigenvalue weighted by molar-refractivity contribution is -0.139. The number of rotatable bonds is 6. The molecule has 2 N–H and O–H groups in total. The fraction of sp³-hybridized carbons (Fsp3) is 0.233. The molecule has 0 saturated carbocycles. The molecule has 1 aliphatic heterocycles. The highest BCUT2D eigenvalue weighted by atomic mass is 19.1. The van der Waals surface area contributed by atoms with Crippen molar-refractivity contribution in [3.8, 4) is 11.1 Å². The number of carboxylic acid groups (broad SMARTS) is 1. The third kappa shape index (κ3) is 4.75. The Morgan fingerprint density at radius 2 is 1.80 bits per heavy atom. The minimum atomic E-state index is -1.50. The Hall–Kier alpha value is -4.44. The molecule has 4 aromatic rings. The molecule has 0 fully saturated rings. The molecule has 1 aromatic heterocycles. The van der Waals surface area contributed by atoms with E-state index in [0.717, 1.165) is 23.8 Å². The van der Waals surface area contributed by atoms with E-state index in [1.807, 2.05) is 0 Å². The second-order valence-electron chi connectivity index (χ2n) is 9.72. The van der Waals surface area contributed by atoms with Gasteiger partial charge in [-0.3, -0.25) is 9.59 Å². The summed E-state index contributed by atoms with van der Waals surface area (Å²) in [6.07, 6.45) is 0.246. The zero-order valence-corrected chi connectivity index (χ0v) is 21.7. The number of aromatic nitrogens is 1. The van der Waals surface area contributed by atoms with Crippen LogP contribution in [0.3, 0.4) is 0 Å². The molecule has 7 nitrogen and oxygen atoms in total. The van der Waals surface area contributed by atoms with Crippen molar-refractivity contribution in [2.24, 2.45) is 7.05 Å². The number of pyridine rings is 1. The first-order valence-electron chi connectivity index (χ1n) is 12.6. The highest BCUT2D eigenvalue weighted by Crippen LogP contribution is 2.35. The van der Waals surface area contributed by atoms with Crippen molar-refractivity contribution < 1.29 is 32.6 Å². The lowest BCUT2D eigenvalue weighted by atomic mass is 9.86. The van der Waals surface area contributed by atoms with Gasteiger partial charge < -0.3 is 19.7 Å². The summed E-state index contributed by atoms with van der Waals surface area (Å²) >= 11 is 0. The molecule has 0 aliphatic carbocycles. The van der Waals surface area contributed by atoms with Gasteiger partial charge in [0.15, 0.2) is 0 Å². The Balaban J connectivity index is 1.57. The predicted octanol–water partition coefficient (Wildman–Crippen LogP) is 4.43. The van der Waals surface area contributed by atoms with E-state index in [-0.39, 0.29) is 18.6 Å². The van der Waals surface area contributed by atoms with Crippen molar-refractivity contribution in [2.45, 2.75) is 32.4 Å². The first-order chi connectivity index (χ1) is 19.1. The first-order valence-corrected chi connectivity index (χ1v) is 12.6. The van der Waals surface area contributed by atoms with E-state index in [2.05, 4.69) is 5.32 Å². The number of benzene rings is 3. The largest absolute Gasteiger partial charge is 0.480 e. The number of carbonyl (C=O) groups is 2. The van der Waals surface area contributed by atoms with Gasteiger partial charge >= 0.3 is 5.97 Å². The number of hydrogen-bond donors (Lipinski definition) is 2. The molecule has 206 valence electrons. The van der Waals surface area contributed by atoms with Gasteiger partial charge in [-0.25, -0.2) is 18.0 Å². The maximum absolute atomic E-state index is 14.1. The Morgan fingerprint density at radius 3 is 2.50 bits per heavy atom. The number of carbonyl (C=O) groups excluding carboxylic acids is 1. The summed E-state index contributed by atoms with van der Waals surface area (Å²) in [5.41, 5.74) is 3.11. The number of aliphatic carboxylic acids is 1. The molecule has 0 spiro atoms. The van der Waals surface area contributed by atoms with Gasteiger partial charge in [-0.1, -0.05) is 18.2 Å². The minimum Gasteiger partial charge on any atom is -0.480 e. The van der Waals surface area contributed by atoms with Gasteiger partial charge in [0.25, 0.3) is 11.5 Å². The summed E-state index contributed by atoms with van der Waals surface area (Å²) in [5, 5.41) is 12.6. The smallest absolute Gasteiger partial charge is 0.326 e. The summed E-state index contributed by atoms with van der Waals surface area (Å²) in [4.78, 5) is 38.2. The molecule has 40 heavy (non-hydrogen) atoms. The number of fused-ring (bicyclic) bond motifs is 2. The second kappa shape index (κ2) is 10.6. The van der Waals surface area contributed by atoms with Crippen LogP contribution >= 0.6 is 0 Å². The molecule has 0 unspecified atom stereocenters. The molecule has 1 atom stereocenters. The molecule has 10 heteroatoms. The minimum absolute atomic E-state index is 0.141. The Morgan fingerprint density at radius 1 is 1.07 bits per heavy atom. The van der Waals surface area contributed by atoms with Gasteiger partial charge in [0.05, 0.1) is 24.3 Å². The van der Waals surface area contributed by atoms with Gasteiger partial charge in [0.1, 0.15) is 29.1 Å². The van der Waals surface area contributed by atoms with E-state index in [0.29, 0.717) is 51.7 Å². The van der Waals surface area contributed by atoms with Crippen LogP contribution < -0.4 is 10.9 Å². The van der Waals surface area contributed by atoms with Gasteiger partial charge in [0.2, 0.25) is 0 Å². The number of nitrogens with one attached hydrogen (secondary N) is 1. The third-order valence-corrected chi connectivity index (χ3v) is 7.38. The number of halogens is 3. The van der Waals surface area contributed by atoms with Crippen molar-refractivity contribution in [1.82, 2.24) is 9.88 Å². The molecule has 0 saturated heterocycles. The van der Waals surface area contributed by atoms with Gasteiger partial charge in [-0.15, -0.1) is 0 Å². The molecular weight excluding hydrogens is 525 g/mol. The summed E-state index contributed by atoms with van der Waals surface area (Å²) in [5.74, 6) is -5.22. The average Bonchev–Trinajstić information content (AvgIpc) is 2.92. The van der Waals surface area contributed by atoms with Crippen molar-refractivity contribution in [1.29, 1.82) is 0 Å². The van der Waals surface area contributed by atoms with Crippen LogP contribution in [0.15, 0.2) is 53.3 Å². The molecule has 1 amide bonds. The Kier molecular flexibility index (Phi) is 7.20. The quantitative estimate of drug-likeness (QED) is 0.370. The maximum atomic E-state index is 14.1. The zero-order valence-electron chi connectivity index (χ0n) is 21.7. The van der Waals surface area contributed by atoms with Crippen LogP contribution in [0.1, 0.15) is 32.6 Å². The summed E-state index contributed by atoms with van der Waals surface area (Å²) in [7, 11) is 1.62. The Labute approximate surface area is 226 Å². The summed E-state index contributed by atoms with van der Waals surface area (Å²) in [6, 6.07) is 9.04. The zero-order chi connectivity index (χ0) is 28.7. The van der Waals surface area contributed by atoms with Crippen LogP contribution in [-0.2, 0) is 36.0 Å². The highest BCUT2D eigenvalue weighted by Gasteiger charge is 2.28. The van der Waals surface area contributed by atoms with Crippen LogP contribution in [0.5, 0.6) is 0 Å². The predicted molar refractivity (Wildman–Crippen MR) is 142 cm³/mol. The van der Waals surface area contributed by atoms with Gasteiger partial charge in [-0.05, 0) is 71.5 Å². The van der Waals surface area contributed by atoms with Crippen molar-refractivity contribution in [2.75, 3.05) is 6.61 Å². The van der Waals surface area contributed by atoms with E-state index >= 15 is 0 Å². The molecule has 2 heterocycles. The van der Waals surface area contributed by atoms with Crippen molar-refractivity contribution in [3.05, 3.63) is 104 Å².